The first-order valence-electron chi connectivity index (χ1n) is 12.8. The van der Waals surface area contributed by atoms with Crippen LogP contribution in [0, 0.1) is 12.7 Å². The van der Waals surface area contributed by atoms with E-state index in [1.807, 2.05) is 66.9 Å². The Balaban J connectivity index is 1.67. The van der Waals surface area contributed by atoms with Gasteiger partial charge in [-0.15, -0.1) is 11.8 Å². The molecule has 37 heavy (non-hydrogen) atoms. The summed E-state index contributed by atoms with van der Waals surface area (Å²) in [5.74, 6) is 0.631. The van der Waals surface area contributed by atoms with Crippen LogP contribution in [0.15, 0.2) is 53.4 Å². The summed E-state index contributed by atoms with van der Waals surface area (Å²) in [6.45, 7) is 13.2. The van der Waals surface area contributed by atoms with E-state index in [9.17, 15) is 9.18 Å². The van der Waals surface area contributed by atoms with E-state index in [1.165, 1.54) is 12.1 Å². The highest BCUT2D eigenvalue weighted by molar-refractivity contribution is 7.98. The van der Waals surface area contributed by atoms with Crippen molar-refractivity contribution in [1.29, 1.82) is 0 Å². The number of anilines is 2. The van der Waals surface area contributed by atoms with E-state index in [-0.39, 0.29) is 17.9 Å². The third-order valence-corrected chi connectivity index (χ3v) is 7.63. The third-order valence-electron chi connectivity index (χ3n) is 6.88. The normalized spacial score (nSPS) is 14.3. The molecule has 4 rings (SSSR count). The number of aryl methyl sites for hydroxylation is 1. The monoisotopic (exact) mass is 524 g/mol. The molecule has 0 radical (unpaired) electrons. The van der Waals surface area contributed by atoms with Crippen LogP contribution in [0.1, 0.15) is 32.0 Å². The Morgan fingerprint density at radius 1 is 1.14 bits per heavy atom. The van der Waals surface area contributed by atoms with Crippen molar-refractivity contribution in [3.63, 3.8) is 0 Å². The number of hydrogen-bond acceptors (Lipinski definition) is 5. The molecule has 1 aliphatic rings. The lowest BCUT2D eigenvalue weighted by molar-refractivity contribution is 0.193. The van der Waals surface area contributed by atoms with Gasteiger partial charge >= 0.3 is 6.03 Å². The zero-order chi connectivity index (χ0) is 26.5. The first-order valence-corrected chi connectivity index (χ1v) is 14.1. The van der Waals surface area contributed by atoms with Crippen molar-refractivity contribution in [2.75, 3.05) is 49.2 Å². The topological polar surface area (TPSA) is 56.6 Å². The molecule has 0 aliphatic carbocycles. The number of carbonyl (C=O) groups excluding carboxylic acids is 1. The molecule has 9 heteroatoms. The molecule has 0 spiro atoms. The van der Waals surface area contributed by atoms with Gasteiger partial charge in [0.2, 0.25) is 0 Å². The standard InChI is InChI=1S/C28H37FN6OS/c1-6-32-14-16-33(17-15-32)27-26(21(4)31-35(27)24-9-7-8-22(29)18-24)19-34(20(2)3)28(36)30-23-10-12-25(37-5)13-11-23/h7-13,18,20H,6,14-17,19H2,1-5H3,(H,30,36). The molecule has 2 heterocycles. The van der Waals surface area contributed by atoms with Crippen molar-refractivity contribution < 1.29 is 9.18 Å². The number of benzene rings is 2. The minimum absolute atomic E-state index is 0.0350. The van der Waals surface area contributed by atoms with Crippen LogP contribution in [-0.2, 0) is 6.54 Å². The van der Waals surface area contributed by atoms with Gasteiger partial charge in [-0.25, -0.2) is 13.9 Å². The number of piperazine rings is 1. The molecule has 0 bridgehead atoms. The maximum Gasteiger partial charge on any atom is 0.322 e. The van der Waals surface area contributed by atoms with E-state index >= 15 is 0 Å². The first kappa shape index (κ1) is 27.0. The third kappa shape index (κ3) is 6.27. The van der Waals surface area contributed by atoms with Crippen LogP contribution in [0.25, 0.3) is 5.69 Å². The summed E-state index contributed by atoms with van der Waals surface area (Å²) >= 11 is 1.67. The number of nitrogens with zero attached hydrogens (tertiary/aromatic N) is 5. The smallest absolute Gasteiger partial charge is 0.322 e. The number of halogens is 1. The molecule has 198 valence electrons. The van der Waals surface area contributed by atoms with E-state index in [2.05, 4.69) is 22.0 Å². The van der Waals surface area contributed by atoms with Gasteiger partial charge in [0.1, 0.15) is 11.6 Å². The Morgan fingerprint density at radius 3 is 2.43 bits per heavy atom. The first-order chi connectivity index (χ1) is 17.8. The number of likely N-dealkylation sites (N-methyl/N-ethyl adjacent to an activating group) is 1. The molecule has 0 saturated carbocycles. The van der Waals surface area contributed by atoms with Crippen LogP contribution in [0.5, 0.6) is 0 Å². The van der Waals surface area contributed by atoms with Crippen molar-refractivity contribution in [1.82, 2.24) is 19.6 Å². The lowest BCUT2D eigenvalue weighted by Crippen LogP contribution is -2.47. The molecule has 1 aliphatic heterocycles. The van der Waals surface area contributed by atoms with Gasteiger partial charge in [-0.05, 0) is 76.0 Å². The predicted octanol–water partition coefficient (Wildman–Crippen LogP) is 5.63. The molecule has 1 saturated heterocycles. The molecule has 0 atom stereocenters. The summed E-state index contributed by atoms with van der Waals surface area (Å²) in [6.07, 6.45) is 2.03. The van der Waals surface area contributed by atoms with Crippen LogP contribution in [0.4, 0.5) is 20.7 Å². The Bertz CT molecular complexity index is 1200. The highest BCUT2D eigenvalue weighted by Gasteiger charge is 2.28. The van der Waals surface area contributed by atoms with Crippen LogP contribution in [-0.4, -0.2) is 70.6 Å². The van der Waals surface area contributed by atoms with Gasteiger partial charge in [0.05, 0.1) is 17.9 Å². The van der Waals surface area contributed by atoms with Crippen molar-refractivity contribution in [2.45, 2.75) is 45.2 Å². The van der Waals surface area contributed by atoms with Crippen molar-refractivity contribution in [2.24, 2.45) is 0 Å². The van der Waals surface area contributed by atoms with E-state index in [0.29, 0.717) is 12.2 Å². The summed E-state index contributed by atoms with van der Waals surface area (Å²) in [6, 6.07) is 14.2. The molecule has 7 nitrogen and oxygen atoms in total. The lowest BCUT2D eigenvalue weighted by atomic mass is 10.1. The van der Waals surface area contributed by atoms with Crippen LogP contribution in [0.3, 0.4) is 0 Å². The predicted molar refractivity (Wildman–Crippen MR) is 151 cm³/mol. The fourth-order valence-corrected chi connectivity index (χ4v) is 5.06. The van der Waals surface area contributed by atoms with Crippen LogP contribution < -0.4 is 10.2 Å². The Morgan fingerprint density at radius 2 is 1.84 bits per heavy atom. The van der Waals surface area contributed by atoms with Gasteiger partial charge in [0.15, 0.2) is 0 Å². The quantitative estimate of drug-likeness (QED) is 0.387. The summed E-state index contributed by atoms with van der Waals surface area (Å²) in [7, 11) is 0. The number of hydrogen-bond donors (Lipinski definition) is 1. The van der Waals surface area contributed by atoms with E-state index < -0.39 is 0 Å². The van der Waals surface area contributed by atoms with E-state index in [4.69, 9.17) is 5.10 Å². The molecule has 1 N–H and O–H groups in total. The molecule has 3 aromatic rings. The number of amides is 2. The second kappa shape index (κ2) is 12.0. The molecule has 1 fully saturated rings. The largest absolute Gasteiger partial charge is 0.354 e. The summed E-state index contributed by atoms with van der Waals surface area (Å²) in [4.78, 5) is 21.1. The van der Waals surface area contributed by atoms with Gasteiger partial charge in [0, 0.05) is 48.4 Å². The number of aromatic nitrogens is 2. The van der Waals surface area contributed by atoms with Gasteiger partial charge in [-0.2, -0.15) is 5.10 Å². The van der Waals surface area contributed by atoms with Gasteiger partial charge in [-0.3, -0.25) is 0 Å². The number of thioether (sulfide) groups is 1. The second-order valence-corrected chi connectivity index (χ2v) is 10.5. The molecule has 1 aromatic heterocycles. The fraction of sp³-hybridized carbons (Fsp3) is 0.429. The maximum absolute atomic E-state index is 14.2. The summed E-state index contributed by atoms with van der Waals surface area (Å²) < 4.78 is 16.0. The fourth-order valence-electron chi connectivity index (χ4n) is 4.65. The Hall–Kier alpha value is -3.04. The molecular formula is C28H37FN6OS. The average molecular weight is 525 g/mol. The zero-order valence-corrected chi connectivity index (χ0v) is 23.2. The Labute approximate surface area is 223 Å². The van der Waals surface area contributed by atoms with Crippen molar-refractivity contribution in [3.8, 4) is 5.69 Å². The molecule has 2 amide bonds. The number of rotatable bonds is 8. The van der Waals surface area contributed by atoms with E-state index in [0.717, 1.165) is 60.4 Å². The second-order valence-electron chi connectivity index (χ2n) is 9.58. The summed E-state index contributed by atoms with van der Waals surface area (Å²) in [5.41, 5.74) is 3.25. The van der Waals surface area contributed by atoms with Crippen molar-refractivity contribution in [3.05, 3.63) is 65.6 Å². The average Bonchev–Trinajstić information content (AvgIpc) is 3.23. The minimum atomic E-state index is -0.301. The maximum atomic E-state index is 14.2. The minimum Gasteiger partial charge on any atom is -0.354 e. The van der Waals surface area contributed by atoms with Gasteiger partial charge in [-0.1, -0.05) is 13.0 Å². The Kier molecular flexibility index (Phi) is 8.76. The SMILES string of the molecule is CCN1CCN(c2c(CN(C(=O)Nc3ccc(SC)cc3)C(C)C)c(C)nn2-c2cccc(F)c2)CC1. The van der Waals surface area contributed by atoms with Crippen molar-refractivity contribution >= 4 is 29.3 Å². The number of carbonyl (C=O) groups is 1. The highest BCUT2D eigenvalue weighted by Crippen LogP contribution is 2.31. The highest BCUT2D eigenvalue weighted by atomic mass is 32.2. The van der Waals surface area contributed by atoms with Crippen LogP contribution in [0.2, 0.25) is 0 Å². The lowest BCUT2D eigenvalue weighted by Gasteiger charge is -2.36. The zero-order valence-electron chi connectivity index (χ0n) is 22.4. The van der Waals surface area contributed by atoms with Crippen LogP contribution >= 0.6 is 11.8 Å². The molecular weight excluding hydrogens is 487 g/mol. The number of nitrogens with one attached hydrogen (secondary N) is 1. The van der Waals surface area contributed by atoms with Gasteiger partial charge in [0.25, 0.3) is 0 Å². The molecule has 0 unspecified atom stereocenters. The summed E-state index contributed by atoms with van der Waals surface area (Å²) in [5, 5.41) is 7.90. The molecule has 2 aromatic carbocycles. The van der Waals surface area contributed by atoms with Gasteiger partial charge < -0.3 is 20.0 Å². The van der Waals surface area contributed by atoms with E-state index in [1.54, 1.807) is 17.8 Å². The number of urea groups is 1.